The first-order chi connectivity index (χ1) is 17.5. The lowest BCUT2D eigenvalue weighted by Gasteiger charge is -2.45. The zero-order chi connectivity index (χ0) is 25.1. The topological polar surface area (TPSA) is 111 Å². The molecule has 0 radical (unpaired) electrons. The van der Waals surface area contributed by atoms with Crippen LogP contribution in [0.3, 0.4) is 0 Å². The minimum atomic E-state index is -0.579. The number of imide groups is 1. The highest BCUT2D eigenvalue weighted by Crippen LogP contribution is 2.61. The number of carbonyl (C=O) groups excluding carboxylic acids is 2. The van der Waals surface area contributed by atoms with Gasteiger partial charge in [0.2, 0.25) is 0 Å². The van der Waals surface area contributed by atoms with Crippen molar-refractivity contribution in [1.82, 2.24) is 5.01 Å². The van der Waals surface area contributed by atoms with Crippen LogP contribution in [0.2, 0.25) is 0 Å². The zero-order valence-corrected chi connectivity index (χ0v) is 19.5. The molecule has 1 fully saturated rings. The Bertz CT molecular complexity index is 1370. The highest BCUT2D eigenvalue weighted by atomic mass is 16.6. The van der Waals surface area contributed by atoms with Crippen LogP contribution in [0.25, 0.3) is 0 Å². The van der Waals surface area contributed by atoms with E-state index in [1.165, 1.54) is 26.4 Å². The summed E-state index contributed by atoms with van der Waals surface area (Å²) in [6.45, 7) is 0. The van der Waals surface area contributed by atoms with Gasteiger partial charge >= 0.3 is 0 Å². The van der Waals surface area contributed by atoms with E-state index in [9.17, 15) is 19.7 Å². The smallest absolute Gasteiger partial charge is 0.282 e. The lowest BCUT2D eigenvalue weighted by molar-refractivity contribution is -0.385. The molecule has 2 amide bonds. The maximum Gasteiger partial charge on any atom is 0.282 e. The number of hydrogen-bond acceptors (Lipinski definition) is 7. The minimum absolute atomic E-state index is 0.0858. The molecule has 1 heterocycles. The summed E-state index contributed by atoms with van der Waals surface area (Å²) in [5.41, 5.74) is 4.04. The monoisotopic (exact) mass is 483 g/mol. The number of nitrogens with zero attached hydrogens (tertiary/aromatic N) is 3. The number of amides is 2. The molecular formula is C27H21N3O6. The van der Waals surface area contributed by atoms with E-state index in [2.05, 4.69) is 5.10 Å². The van der Waals surface area contributed by atoms with E-state index in [-0.39, 0.29) is 34.6 Å². The molecule has 9 nitrogen and oxygen atoms in total. The second-order valence-corrected chi connectivity index (χ2v) is 9.02. The van der Waals surface area contributed by atoms with Gasteiger partial charge in [0.1, 0.15) is 0 Å². The first-order valence-electron chi connectivity index (χ1n) is 11.5. The van der Waals surface area contributed by atoms with Gasteiger partial charge in [0.15, 0.2) is 11.5 Å². The molecule has 3 aromatic carbocycles. The molecule has 3 aliphatic carbocycles. The SMILES string of the molecule is COc1cc(/C=N\N2C(=O)[C@@H]3C4c5ccccc5C(c5ccccc54)[C@@H]3C2=O)c([N+](=O)[O-])cc1OC. The van der Waals surface area contributed by atoms with Crippen LogP contribution in [-0.4, -0.2) is 42.2 Å². The van der Waals surface area contributed by atoms with Crippen molar-refractivity contribution in [3.8, 4) is 11.5 Å². The predicted molar refractivity (Wildman–Crippen MR) is 129 cm³/mol. The van der Waals surface area contributed by atoms with Crippen LogP contribution < -0.4 is 9.47 Å². The lowest BCUT2D eigenvalue weighted by atomic mass is 9.55. The van der Waals surface area contributed by atoms with Crippen LogP contribution in [0, 0.1) is 22.0 Å². The van der Waals surface area contributed by atoms with Gasteiger partial charge in [0, 0.05) is 11.8 Å². The number of hydrogen-bond donors (Lipinski definition) is 0. The molecule has 1 aliphatic heterocycles. The molecule has 0 aromatic heterocycles. The number of ether oxygens (including phenoxy) is 2. The van der Waals surface area contributed by atoms with Crippen LogP contribution in [-0.2, 0) is 9.59 Å². The van der Waals surface area contributed by atoms with Gasteiger partial charge in [0.25, 0.3) is 17.5 Å². The van der Waals surface area contributed by atoms with E-state index in [4.69, 9.17) is 9.47 Å². The molecule has 9 heteroatoms. The molecule has 36 heavy (non-hydrogen) atoms. The summed E-state index contributed by atoms with van der Waals surface area (Å²) in [5.74, 6) is -2.01. The molecule has 3 aromatic rings. The van der Waals surface area contributed by atoms with Crippen LogP contribution in [0.4, 0.5) is 5.69 Å². The molecule has 0 N–H and O–H groups in total. The van der Waals surface area contributed by atoms with Gasteiger partial charge in [-0.05, 0) is 28.3 Å². The Labute approximate surface area is 206 Å². The van der Waals surface area contributed by atoms with Crippen molar-refractivity contribution in [1.29, 1.82) is 0 Å². The Morgan fingerprint density at radius 1 is 0.833 bits per heavy atom. The lowest BCUT2D eigenvalue weighted by Crippen LogP contribution is -2.41. The average molecular weight is 483 g/mol. The summed E-state index contributed by atoms with van der Waals surface area (Å²) >= 11 is 0. The summed E-state index contributed by atoms with van der Waals surface area (Å²) < 4.78 is 10.4. The average Bonchev–Trinajstić information content (AvgIpc) is 3.16. The van der Waals surface area contributed by atoms with Crippen LogP contribution in [0.15, 0.2) is 65.8 Å². The van der Waals surface area contributed by atoms with Gasteiger partial charge < -0.3 is 9.47 Å². The van der Waals surface area contributed by atoms with Crippen molar-refractivity contribution in [2.45, 2.75) is 11.8 Å². The summed E-state index contributed by atoms with van der Waals surface area (Å²) in [7, 11) is 2.79. The Morgan fingerprint density at radius 2 is 1.28 bits per heavy atom. The Hall–Kier alpha value is -4.53. The summed E-state index contributed by atoms with van der Waals surface area (Å²) in [6.07, 6.45) is 1.16. The van der Waals surface area contributed by atoms with Crippen molar-refractivity contribution < 1.29 is 24.0 Å². The minimum Gasteiger partial charge on any atom is -0.493 e. The van der Waals surface area contributed by atoms with Crippen molar-refractivity contribution >= 4 is 23.7 Å². The van der Waals surface area contributed by atoms with Crippen molar-refractivity contribution in [2.75, 3.05) is 14.2 Å². The van der Waals surface area contributed by atoms with E-state index in [1.54, 1.807) is 0 Å². The Balaban J connectivity index is 1.42. The fraction of sp³-hybridized carbons (Fsp3) is 0.222. The first-order valence-corrected chi connectivity index (χ1v) is 11.5. The first kappa shape index (κ1) is 22.0. The van der Waals surface area contributed by atoms with Gasteiger partial charge in [-0.1, -0.05) is 48.5 Å². The highest BCUT2D eigenvalue weighted by Gasteiger charge is 2.61. The van der Waals surface area contributed by atoms with E-state index in [0.29, 0.717) is 0 Å². The van der Waals surface area contributed by atoms with E-state index < -0.39 is 28.6 Å². The van der Waals surface area contributed by atoms with E-state index in [1.807, 2.05) is 48.5 Å². The predicted octanol–water partition coefficient (Wildman–Crippen LogP) is 3.84. The maximum atomic E-state index is 13.6. The van der Waals surface area contributed by atoms with Gasteiger partial charge in [0.05, 0.1) is 48.8 Å². The molecule has 180 valence electrons. The number of nitro benzene ring substituents is 1. The second-order valence-electron chi connectivity index (χ2n) is 9.02. The third-order valence-corrected chi connectivity index (χ3v) is 7.47. The van der Waals surface area contributed by atoms with Gasteiger partial charge in [-0.25, -0.2) is 0 Å². The quantitative estimate of drug-likeness (QED) is 0.236. The largest absolute Gasteiger partial charge is 0.493 e. The fourth-order valence-corrected chi connectivity index (χ4v) is 6.04. The summed E-state index contributed by atoms with van der Waals surface area (Å²) in [6, 6.07) is 18.5. The number of methoxy groups -OCH3 is 2. The third-order valence-electron chi connectivity index (χ3n) is 7.47. The van der Waals surface area contributed by atoms with Crippen molar-refractivity contribution in [2.24, 2.45) is 16.9 Å². The van der Waals surface area contributed by atoms with E-state index >= 15 is 0 Å². The molecule has 1 saturated heterocycles. The molecule has 2 atom stereocenters. The number of nitro groups is 1. The van der Waals surface area contributed by atoms with Gasteiger partial charge in [-0.2, -0.15) is 10.1 Å². The molecule has 4 aliphatic rings. The number of rotatable bonds is 5. The highest BCUT2D eigenvalue weighted by molar-refractivity contribution is 6.08. The number of benzene rings is 3. The Kier molecular flexibility index (Phi) is 4.89. The summed E-state index contributed by atoms with van der Waals surface area (Å²) in [5, 5.41) is 16.7. The maximum absolute atomic E-state index is 13.6. The van der Waals surface area contributed by atoms with Crippen LogP contribution >= 0.6 is 0 Å². The van der Waals surface area contributed by atoms with Gasteiger partial charge in [-0.3, -0.25) is 19.7 Å². The van der Waals surface area contributed by atoms with Crippen LogP contribution in [0.1, 0.15) is 39.7 Å². The van der Waals surface area contributed by atoms with Crippen LogP contribution in [0.5, 0.6) is 11.5 Å². The van der Waals surface area contributed by atoms with Crippen molar-refractivity contribution in [3.63, 3.8) is 0 Å². The fourth-order valence-electron chi connectivity index (χ4n) is 6.04. The van der Waals surface area contributed by atoms with Gasteiger partial charge in [-0.15, -0.1) is 0 Å². The molecule has 0 saturated carbocycles. The normalized spacial score (nSPS) is 23.4. The second kappa shape index (κ2) is 8.01. The Morgan fingerprint density at radius 3 is 1.69 bits per heavy atom. The molecular weight excluding hydrogens is 462 g/mol. The molecule has 0 spiro atoms. The standard InChI is InChI=1S/C27H21N3O6/c1-35-20-11-14(19(30(33)34)12-21(20)36-2)13-28-29-26(31)24-22-15-7-3-4-8-16(15)23(25(24)27(29)32)18-10-6-5-9-17(18)22/h3-13,22-25H,1-2H3/b28-13-/t22?,23?,24-,25+. The number of hydrazone groups is 1. The molecule has 0 unspecified atom stereocenters. The molecule has 7 rings (SSSR count). The van der Waals surface area contributed by atoms with E-state index in [0.717, 1.165) is 33.5 Å². The molecule has 2 bridgehead atoms. The number of carbonyl (C=O) groups is 2. The third kappa shape index (κ3) is 2.92. The summed E-state index contributed by atoms with van der Waals surface area (Å²) in [4.78, 5) is 38.4. The zero-order valence-electron chi connectivity index (χ0n) is 19.5. The van der Waals surface area contributed by atoms with Crippen molar-refractivity contribution in [3.05, 3.63) is 98.6 Å².